The minimum absolute atomic E-state index is 0.135. The molecular formula is C29H32F2N4O4S. The molecule has 2 amide bonds. The molecule has 1 aliphatic rings. The second kappa shape index (κ2) is 13.2. The molecular weight excluding hydrogens is 538 g/mol. The lowest BCUT2D eigenvalue weighted by atomic mass is 9.84. The number of nitrogens with zero attached hydrogens (tertiary/aromatic N) is 2. The highest BCUT2D eigenvalue weighted by Gasteiger charge is 2.34. The van der Waals surface area contributed by atoms with Crippen molar-refractivity contribution >= 4 is 34.1 Å². The number of rotatable bonds is 11. The van der Waals surface area contributed by atoms with Gasteiger partial charge >= 0.3 is 0 Å². The number of nitrogens with one attached hydrogen (secondary N) is 2. The molecule has 0 unspecified atom stereocenters. The van der Waals surface area contributed by atoms with Crippen LogP contribution in [-0.2, 0) is 21.6 Å². The molecule has 0 radical (unpaired) electrons. The summed E-state index contributed by atoms with van der Waals surface area (Å²) in [5.74, 6) is -2.74. The Bertz CT molecular complexity index is 1320. The molecule has 0 bridgehead atoms. The molecule has 4 rings (SSSR count). The zero-order valence-electron chi connectivity index (χ0n) is 22.2. The van der Waals surface area contributed by atoms with Crippen molar-refractivity contribution in [3.63, 3.8) is 0 Å². The smallest absolute Gasteiger partial charge is 0.248 e. The van der Waals surface area contributed by atoms with Gasteiger partial charge in [0, 0.05) is 19.2 Å². The molecule has 3 aromatic rings. The van der Waals surface area contributed by atoms with Crippen LogP contribution in [0.25, 0.3) is 0 Å². The summed E-state index contributed by atoms with van der Waals surface area (Å²) in [6, 6.07) is 11.5. The SMILES string of the molecule is CCC[C@H](NC(=O)Cc1cc(F)cc(F)c1)C(=O)Nc1ncc(C(=O)CN2CCC(O)(c3ccccc3)CC2)s1. The summed E-state index contributed by atoms with van der Waals surface area (Å²) in [6.45, 7) is 3.17. The van der Waals surface area contributed by atoms with Gasteiger partial charge in [0.25, 0.3) is 0 Å². The van der Waals surface area contributed by atoms with Gasteiger partial charge in [-0.25, -0.2) is 13.8 Å². The van der Waals surface area contributed by atoms with E-state index in [-0.39, 0.29) is 29.4 Å². The number of piperidine rings is 1. The number of aromatic nitrogens is 1. The molecule has 2 heterocycles. The molecule has 2 aromatic carbocycles. The summed E-state index contributed by atoms with van der Waals surface area (Å²) in [5, 5.41) is 16.5. The number of hydrogen-bond donors (Lipinski definition) is 3. The average Bonchev–Trinajstić information content (AvgIpc) is 3.38. The standard InChI is InChI=1S/C29H32F2N4O4S/c1-2-6-23(33-26(37)15-19-13-21(30)16-22(31)14-19)27(38)34-28-32-17-25(40-28)24(36)18-35-11-9-29(39,10-12-35)20-7-4-3-5-8-20/h3-5,7-8,13-14,16-17,23,39H,2,6,9-12,15,18H2,1H3,(H,33,37)(H,32,34,38)/t23-/m0/s1. The summed E-state index contributed by atoms with van der Waals surface area (Å²) in [4.78, 5) is 44.8. The summed E-state index contributed by atoms with van der Waals surface area (Å²) >= 11 is 1.05. The lowest BCUT2D eigenvalue weighted by Gasteiger charge is -2.38. The Kier molecular flexibility index (Phi) is 9.72. The van der Waals surface area contributed by atoms with Crippen LogP contribution < -0.4 is 10.6 Å². The third kappa shape index (κ3) is 7.77. The number of carbonyl (C=O) groups is 3. The zero-order chi connectivity index (χ0) is 28.7. The van der Waals surface area contributed by atoms with Crippen molar-refractivity contribution in [3.8, 4) is 0 Å². The van der Waals surface area contributed by atoms with Crippen molar-refractivity contribution in [3.05, 3.63) is 82.4 Å². The maximum Gasteiger partial charge on any atom is 0.248 e. The summed E-state index contributed by atoms with van der Waals surface area (Å²) in [7, 11) is 0. The van der Waals surface area contributed by atoms with Gasteiger partial charge in [0.15, 0.2) is 10.9 Å². The third-order valence-corrected chi connectivity index (χ3v) is 7.84. The van der Waals surface area contributed by atoms with Crippen LogP contribution in [-0.4, -0.2) is 58.3 Å². The van der Waals surface area contributed by atoms with Gasteiger partial charge in [-0.2, -0.15) is 0 Å². The predicted octanol–water partition coefficient (Wildman–Crippen LogP) is 4.05. The van der Waals surface area contributed by atoms with E-state index >= 15 is 0 Å². The Morgan fingerprint density at radius 1 is 1.10 bits per heavy atom. The first kappa shape index (κ1) is 29.4. The number of hydrogen-bond acceptors (Lipinski definition) is 7. The fourth-order valence-electron chi connectivity index (χ4n) is 4.75. The Morgan fingerprint density at radius 2 is 1.77 bits per heavy atom. The van der Waals surface area contributed by atoms with Crippen LogP contribution in [0.2, 0.25) is 0 Å². The topological polar surface area (TPSA) is 112 Å². The zero-order valence-corrected chi connectivity index (χ0v) is 23.0. The molecule has 0 spiro atoms. The van der Waals surface area contributed by atoms with Crippen LogP contribution >= 0.6 is 11.3 Å². The van der Waals surface area contributed by atoms with Crippen LogP contribution in [0.1, 0.15) is 53.4 Å². The number of Topliss-reactive ketones (excluding diaryl/α,β-unsaturated/α-hetero) is 1. The lowest BCUT2D eigenvalue weighted by Crippen LogP contribution is -2.44. The van der Waals surface area contributed by atoms with E-state index in [1.807, 2.05) is 42.2 Å². The van der Waals surface area contributed by atoms with Crippen LogP contribution in [0.15, 0.2) is 54.7 Å². The number of aliphatic hydroxyl groups is 1. The number of anilines is 1. The highest BCUT2D eigenvalue weighted by Crippen LogP contribution is 2.32. The van der Waals surface area contributed by atoms with Crippen LogP contribution in [0, 0.1) is 11.6 Å². The minimum Gasteiger partial charge on any atom is -0.385 e. The number of benzene rings is 2. The van der Waals surface area contributed by atoms with E-state index in [1.165, 1.54) is 6.20 Å². The summed E-state index contributed by atoms with van der Waals surface area (Å²) in [6.07, 6.45) is 3.12. The molecule has 1 aliphatic heterocycles. The van der Waals surface area contributed by atoms with Crippen molar-refractivity contribution in [2.75, 3.05) is 25.0 Å². The molecule has 40 heavy (non-hydrogen) atoms. The fraction of sp³-hybridized carbons (Fsp3) is 0.379. The third-order valence-electron chi connectivity index (χ3n) is 6.89. The average molecular weight is 571 g/mol. The molecule has 0 saturated carbocycles. The van der Waals surface area contributed by atoms with E-state index in [4.69, 9.17) is 0 Å². The van der Waals surface area contributed by atoms with E-state index in [1.54, 1.807) is 0 Å². The molecule has 0 aliphatic carbocycles. The van der Waals surface area contributed by atoms with E-state index in [9.17, 15) is 28.3 Å². The maximum absolute atomic E-state index is 13.4. The lowest BCUT2D eigenvalue weighted by molar-refractivity contribution is -0.126. The van der Waals surface area contributed by atoms with E-state index in [2.05, 4.69) is 15.6 Å². The highest BCUT2D eigenvalue weighted by molar-refractivity contribution is 7.17. The van der Waals surface area contributed by atoms with Crippen LogP contribution in [0.4, 0.5) is 13.9 Å². The number of amides is 2. The molecule has 1 fully saturated rings. The fourth-order valence-corrected chi connectivity index (χ4v) is 5.50. The normalized spacial score (nSPS) is 15.8. The number of thiazole rings is 1. The number of ketones is 1. The van der Waals surface area contributed by atoms with Gasteiger partial charge in [-0.05, 0) is 42.5 Å². The van der Waals surface area contributed by atoms with Gasteiger partial charge < -0.3 is 15.7 Å². The largest absolute Gasteiger partial charge is 0.385 e. The Labute approximate surface area is 235 Å². The molecule has 8 nitrogen and oxygen atoms in total. The Morgan fingerprint density at radius 3 is 2.42 bits per heavy atom. The van der Waals surface area contributed by atoms with Crippen LogP contribution in [0.5, 0.6) is 0 Å². The van der Waals surface area contributed by atoms with Crippen molar-refractivity contribution in [1.29, 1.82) is 0 Å². The molecule has 11 heteroatoms. The second-order valence-electron chi connectivity index (χ2n) is 9.98. The van der Waals surface area contributed by atoms with Crippen molar-refractivity contribution in [1.82, 2.24) is 15.2 Å². The van der Waals surface area contributed by atoms with Gasteiger partial charge in [0.2, 0.25) is 11.8 Å². The number of likely N-dealkylation sites (tertiary alicyclic amines) is 1. The minimum atomic E-state index is -0.902. The predicted molar refractivity (Wildman–Crippen MR) is 148 cm³/mol. The number of carbonyl (C=O) groups excluding carboxylic acids is 3. The first-order valence-corrected chi connectivity index (χ1v) is 14.0. The van der Waals surface area contributed by atoms with Gasteiger partial charge in [-0.3, -0.25) is 19.3 Å². The molecule has 1 aromatic heterocycles. The van der Waals surface area contributed by atoms with Gasteiger partial charge in [-0.1, -0.05) is 55.0 Å². The number of halogens is 2. The van der Waals surface area contributed by atoms with Crippen LogP contribution in [0.3, 0.4) is 0 Å². The molecule has 3 N–H and O–H groups in total. The summed E-state index contributed by atoms with van der Waals surface area (Å²) < 4.78 is 26.9. The Balaban J connectivity index is 1.29. The molecule has 212 valence electrons. The second-order valence-corrected chi connectivity index (χ2v) is 11.0. The quantitative estimate of drug-likeness (QED) is 0.300. The highest BCUT2D eigenvalue weighted by atomic mass is 32.1. The van der Waals surface area contributed by atoms with Crippen molar-refractivity contribution in [2.24, 2.45) is 0 Å². The van der Waals surface area contributed by atoms with Gasteiger partial charge in [0.1, 0.15) is 17.7 Å². The van der Waals surface area contributed by atoms with Gasteiger partial charge in [0.05, 0.1) is 29.6 Å². The first-order valence-electron chi connectivity index (χ1n) is 13.2. The Hall–Kier alpha value is -3.54. The molecule has 1 atom stereocenters. The van der Waals surface area contributed by atoms with Gasteiger partial charge in [-0.15, -0.1) is 0 Å². The summed E-state index contributed by atoms with van der Waals surface area (Å²) in [5.41, 5.74) is 0.136. The molecule has 1 saturated heterocycles. The monoisotopic (exact) mass is 570 g/mol. The van der Waals surface area contributed by atoms with E-state index in [0.717, 1.165) is 35.1 Å². The van der Waals surface area contributed by atoms with Crippen molar-refractivity contribution in [2.45, 2.75) is 50.7 Å². The van der Waals surface area contributed by atoms with Crippen molar-refractivity contribution < 1.29 is 28.3 Å². The van der Waals surface area contributed by atoms with E-state index in [0.29, 0.717) is 43.6 Å². The van der Waals surface area contributed by atoms with E-state index < -0.39 is 35.1 Å². The maximum atomic E-state index is 13.4. The first-order chi connectivity index (χ1) is 19.1.